The van der Waals surface area contributed by atoms with Gasteiger partial charge in [-0.25, -0.2) is 4.79 Å². The summed E-state index contributed by atoms with van der Waals surface area (Å²) in [7, 11) is 3.40. The van der Waals surface area contributed by atoms with Gasteiger partial charge >= 0.3 is 6.09 Å². The Balaban J connectivity index is 1.44. The minimum Gasteiger partial charge on any atom is -0.410 e. The van der Waals surface area contributed by atoms with E-state index in [2.05, 4.69) is 19.1 Å². The fraction of sp³-hybridized carbons (Fsp3) is 0.682. The monoisotopic (exact) mass is 355 g/mol. The maximum atomic E-state index is 11.8. The zero-order chi connectivity index (χ0) is 18.3. The number of benzene rings is 1. The third-order valence-corrected chi connectivity index (χ3v) is 8.39. The normalized spacial score (nSPS) is 42.2. The van der Waals surface area contributed by atoms with Gasteiger partial charge in [0.2, 0.25) is 0 Å². The first-order valence-electron chi connectivity index (χ1n) is 10.1. The van der Waals surface area contributed by atoms with E-state index in [1.54, 1.807) is 14.1 Å². The molecule has 0 saturated heterocycles. The average Bonchev–Trinajstić information content (AvgIpc) is 3.27. The van der Waals surface area contributed by atoms with Crippen LogP contribution in [0.25, 0.3) is 0 Å². The van der Waals surface area contributed by atoms with Crippen LogP contribution < -0.4 is 4.74 Å². The Bertz CT molecular complexity index is 775. The smallest absolute Gasteiger partial charge is 0.410 e. The van der Waals surface area contributed by atoms with Crippen molar-refractivity contribution in [2.45, 2.75) is 57.5 Å². The molecule has 4 heteroatoms. The molecule has 2 unspecified atom stereocenters. The van der Waals surface area contributed by atoms with Gasteiger partial charge in [-0.05, 0) is 90.4 Å². The summed E-state index contributed by atoms with van der Waals surface area (Å²) in [5, 5.41) is 10.7. The molecule has 1 amide bonds. The number of carbonyl (C=O) groups excluding carboxylic acids is 1. The topological polar surface area (TPSA) is 49.8 Å². The minimum atomic E-state index is -0.327. The maximum absolute atomic E-state index is 11.8. The van der Waals surface area contributed by atoms with Gasteiger partial charge in [0.1, 0.15) is 5.75 Å². The predicted molar refractivity (Wildman–Crippen MR) is 99.2 cm³/mol. The highest BCUT2D eigenvalue weighted by molar-refractivity contribution is 5.70. The molecule has 3 saturated carbocycles. The molecule has 1 N–H and O–H groups in total. The largest absolute Gasteiger partial charge is 0.414 e. The van der Waals surface area contributed by atoms with E-state index in [1.165, 1.54) is 35.3 Å². The van der Waals surface area contributed by atoms with Gasteiger partial charge in [0.25, 0.3) is 0 Å². The SMILES string of the molecule is CN(C)C(=O)Oc1ccc2c(c1)CCC1C2CC[C@]2(C)[C@@H](O)C[C@@H]3C[C@@]132. The van der Waals surface area contributed by atoms with Crippen LogP contribution in [0.5, 0.6) is 5.75 Å². The molecule has 1 spiro atoms. The molecule has 0 heterocycles. The summed E-state index contributed by atoms with van der Waals surface area (Å²) in [5.74, 6) is 2.73. The molecule has 4 aliphatic carbocycles. The summed E-state index contributed by atoms with van der Waals surface area (Å²) in [6.45, 7) is 2.36. The zero-order valence-electron chi connectivity index (χ0n) is 16.0. The number of fused-ring (bicyclic) bond motifs is 3. The van der Waals surface area contributed by atoms with Crippen molar-refractivity contribution in [2.24, 2.45) is 22.7 Å². The molecule has 1 aromatic rings. The highest BCUT2D eigenvalue weighted by Crippen LogP contribution is 2.81. The van der Waals surface area contributed by atoms with E-state index in [0.29, 0.717) is 23.0 Å². The van der Waals surface area contributed by atoms with E-state index in [1.807, 2.05) is 6.07 Å². The predicted octanol–water partition coefficient (Wildman–Crippen LogP) is 3.96. The molecule has 4 nitrogen and oxygen atoms in total. The van der Waals surface area contributed by atoms with Crippen LogP contribution in [0.15, 0.2) is 18.2 Å². The first-order valence-corrected chi connectivity index (χ1v) is 10.1. The van der Waals surface area contributed by atoms with Crippen LogP contribution in [0.3, 0.4) is 0 Å². The van der Waals surface area contributed by atoms with Crippen molar-refractivity contribution in [2.75, 3.05) is 14.1 Å². The van der Waals surface area contributed by atoms with E-state index >= 15 is 0 Å². The molecule has 0 aromatic heterocycles. The fourth-order valence-electron chi connectivity index (χ4n) is 7.03. The van der Waals surface area contributed by atoms with Gasteiger partial charge in [0, 0.05) is 14.1 Å². The minimum absolute atomic E-state index is 0.101. The Morgan fingerprint density at radius 2 is 2.12 bits per heavy atom. The summed E-state index contributed by atoms with van der Waals surface area (Å²) in [4.78, 5) is 13.3. The van der Waals surface area contributed by atoms with Crippen LogP contribution in [0, 0.1) is 22.7 Å². The maximum Gasteiger partial charge on any atom is 0.414 e. The van der Waals surface area contributed by atoms with Crippen molar-refractivity contribution in [3.63, 3.8) is 0 Å². The van der Waals surface area contributed by atoms with Crippen molar-refractivity contribution < 1.29 is 14.6 Å². The van der Waals surface area contributed by atoms with Crippen LogP contribution in [0.2, 0.25) is 0 Å². The first-order chi connectivity index (χ1) is 12.4. The van der Waals surface area contributed by atoms with Crippen LogP contribution in [-0.4, -0.2) is 36.3 Å². The molecule has 6 atom stereocenters. The van der Waals surface area contributed by atoms with Crippen LogP contribution in [0.1, 0.15) is 56.1 Å². The second-order valence-corrected chi connectivity index (χ2v) is 9.52. The van der Waals surface area contributed by atoms with E-state index in [9.17, 15) is 9.90 Å². The van der Waals surface area contributed by atoms with E-state index in [0.717, 1.165) is 25.2 Å². The Kier molecular flexibility index (Phi) is 3.35. The van der Waals surface area contributed by atoms with Crippen LogP contribution in [-0.2, 0) is 6.42 Å². The molecular weight excluding hydrogens is 326 g/mol. The van der Waals surface area contributed by atoms with Crippen molar-refractivity contribution in [3.05, 3.63) is 29.3 Å². The average molecular weight is 355 g/mol. The highest BCUT2D eigenvalue weighted by Gasteiger charge is 2.76. The fourth-order valence-corrected chi connectivity index (χ4v) is 7.03. The Hall–Kier alpha value is -1.55. The number of ether oxygens (including phenoxy) is 1. The van der Waals surface area contributed by atoms with E-state index < -0.39 is 0 Å². The number of amides is 1. The first kappa shape index (κ1) is 16.6. The quantitative estimate of drug-likeness (QED) is 0.829. The van der Waals surface area contributed by atoms with Crippen molar-refractivity contribution in [1.29, 1.82) is 0 Å². The van der Waals surface area contributed by atoms with E-state index in [-0.39, 0.29) is 17.6 Å². The van der Waals surface area contributed by atoms with Gasteiger partial charge in [0.15, 0.2) is 0 Å². The number of aryl methyl sites for hydroxylation is 1. The molecule has 0 radical (unpaired) electrons. The highest BCUT2D eigenvalue weighted by atomic mass is 16.6. The molecule has 4 aliphatic rings. The molecule has 0 aliphatic heterocycles. The Morgan fingerprint density at radius 1 is 1.31 bits per heavy atom. The van der Waals surface area contributed by atoms with Crippen molar-refractivity contribution >= 4 is 6.09 Å². The number of nitrogens with zero attached hydrogens (tertiary/aromatic N) is 1. The number of hydrogen-bond donors (Lipinski definition) is 1. The van der Waals surface area contributed by atoms with Gasteiger partial charge in [-0.1, -0.05) is 13.0 Å². The standard InChI is InChI=1S/C22H29NO3/c1-21-9-8-17-16-6-5-15(26-20(25)23(2)3)10-13(16)4-7-18(17)22(21)12-14(22)11-19(21)24/h5-6,10,14,17-19,24H,4,7-9,11-12H2,1-3H3/t14-,17?,18?,19+,21-,22+/m1/s1. The molecule has 140 valence electrons. The second-order valence-electron chi connectivity index (χ2n) is 9.52. The molecule has 3 fully saturated rings. The molecule has 26 heavy (non-hydrogen) atoms. The number of rotatable bonds is 1. The summed E-state index contributed by atoms with van der Waals surface area (Å²) in [6, 6.07) is 6.24. The summed E-state index contributed by atoms with van der Waals surface area (Å²) >= 11 is 0. The molecule has 5 rings (SSSR count). The summed E-state index contributed by atoms with van der Waals surface area (Å²) in [6.07, 6.45) is 6.51. The lowest BCUT2D eigenvalue weighted by Crippen LogP contribution is -2.47. The lowest BCUT2D eigenvalue weighted by atomic mass is 9.52. The molecule has 1 aromatic carbocycles. The number of aliphatic hydroxyl groups excluding tert-OH is 1. The van der Waals surface area contributed by atoms with Crippen molar-refractivity contribution in [1.82, 2.24) is 4.90 Å². The van der Waals surface area contributed by atoms with Gasteiger partial charge in [-0.3, -0.25) is 0 Å². The lowest BCUT2D eigenvalue weighted by Gasteiger charge is -2.52. The summed E-state index contributed by atoms with van der Waals surface area (Å²) in [5.41, 5.74) is 3.35. The number of aliphatic hydroxyl groups is 1. The zero-order valence-corrected chi connectivity index (χ0v) is 16.0. The summed E-state index contributed by atoms with van der Waals surface area (Å²) < 4.78 is 5.46. The Labute approximate surface area is 155 Å². The second kappa shape index (κ2) is 5.25. The van der Waals surface area contributed by atoms with Gasteiger partial charge in [-0.15, -0.1) is 0 Å². The van der Waals surface area contributed by atoms with E-state index in [4.69, 9.17) is 4.74 Å². The third kappa shape index (κ3) is 1.97. The van der Waals surface area contributed by atoms with Gasteiger partial charge in [0.05, 0.1) is 6.10 Å². The number of carbonyl (C=O) groups is 1. The van der Waals surface area contributed by atoms with Gasteiger partial charge in [-0.2, -0.15) is 0 Å². The number of hydrogen-bond acceptors (Lipinski definition) is 3. The Morgan fingerprint density at radius 3 is 2.88 bits per heavy atom. The van der Waals surface area contributed by atoms with Crippen LogP contribution >= 0.6 is 0 Å². The molecular formula is C22H29NO3. The molecule has 0 bridgehead atoms. The van der Waals surface area contributed by atoms with Crippen molar-refractivity contribution in [3.8, 4) is 5.75 Å². The van der Waals surface area contributed by atoms with Crippen LogP contribution in [0.4, 0.5) is 4.79 Å². The lowest BCUT2D eigenvalue weighted by molar-refractivity contribution is -0.0558. The third-order valence-electron chi connectivity index (χ3n) is 8.39. The van der Waals surface area contributed by atoms with Gasteiger partial charge < -0.3 is 14.7 Å².